The number of halogens is 1. The Kier molecular flexibility index (Phi) is 1.33. The molecule has 2 heteroatoms. The van der Waals surface area contributed by atoms with Crippen molar-refractivity contribution >= 4 is 0 Å². The summed E-state index contributed by atoms with van der Waals surface area (Å²) in [7, 11) is 0. The van der Waals surface area contributed by atoms with Crippen LogP contribution >= 0.6 is 0 Å². The molecule has 2 atom stereocenters. The number of hydrogen-bond acceptors (Lipinski definition) is 1. The van der Waals surface area contributed by atoms with Crippen molar-refractivity contribution in [3.8, 4) is 0 Å². The van der Waals surface area contributed by atoms with E-state index >= 15 is 0 Å². The largest absolute Gasteiger partial charge is 0.325 e. The molecule has 4 saturated carbocycles. The molecule has 4 aliphatic carbocycles. The number of rotatable bonds is 0. The van der Waals surface area contributed by atoms with Gasteiger partial charge in [-0.3, -0.25) is 0 Å². The number of hydrogen-bond donors (Lipinski definition) is 1. The van der Waals surface area contributed by atoms with E-state index < -0.39 is 5.67 Å². The molecule has 0 spiro atoms. The minimum Gasteiger partial charge on any atom is -0.325 e. The molecular weight excluding hydrogens is 165 g/mol. The quantitative estimate of drug-likeness (QED) is 0.612. The molecule has 2 unspecified atom stereocenters. The van der Waals surface area contributed by atoms with Gasteiger partial charge in [-0.15, -0.1) is 0 Å². The molecule has 0 aromatic heterocycles. The van der Waals surface area contributed by atoms with Crippen LogP contribution in [-0.4, -0.2) is 11.2 Å². The van der Waals surface area contributed by atoms with Gasteiger partial charge in [-0.25, -0.2) is 4.39 Å². The highest BCUT2D eigenvalue weighted by Crippen LogP contribution is 2.60. The van der Waals surface area contributed by atoms with Crippen LogP contribution in [0, 0.1) is 17.8 Å². The molecule has 0 aliphatic heterocycles. The Morgan fingerprint density at radius 2 is 1.69 bits per heavy atom. The second kappa shape index (κ2) is 2.10. The lowest BCUT2D eigenvalue weighted by atomic mass is 9.48. The first-order valence-electron chi connectivity index (χ1n) is 5.47. The molecule has 1 nitrogen and oxygen atoms in total. The highest BCUT2D eigenvalue weighted by atomic mass is 19.1. The van der Waals surface area contributed by atoms with Crippen molar-refractivity contribution in [1.82, 2.24) is 0 Å². The van der Waals surface area contributed by atoms with Crippen LogP contribution in [0.25, 0.3) is 0 Å². The molecule has 0 saturated heterocycles. The summed E-state index contributed by atoms with van der Waals surface area (Å²) in [5.74, 6) is 1.28. The molecular formula is C11H18FN. The molecule has 4 fully saturated rings. The summed E-state index contributed by atoms with van der Waals surface area (Å²) in [6.45, 7) is 1.81. The fourth-order valence-electron chi connectivity index (χ4n) is 4.23. The zero-order chi connectivity index (χ0) is 9.27. The molecule has 4 rings (SSSR count). The molecule has 0 heterocycles. The normalized spacial score (nSPS) is 64.4. The molecule has 0 aromatic carbocycles. The standard InChI is InChI=1S/C11H18FN/c1-10(12)8-2-7-3-9(10)6-11(13,4-7)5-8/h7-9H,2-6,13H2,1H3. The van der Waals surface area contributed by atoms with Gasteiger partial charge >= 0.3 is 0 Å². The van der Waals surface area contributed by atoms with Gasteiger partial charge in [0.25, 0.3) is 0 Å². The fourth-order valence-corrected chi connectivity index (χ4v) is 4.23. The first-order chi connectivity index (χ1) is 6.00. The van der Waals surface area contributed by atoms with E-state index in [0.29, 0.717) is 0 Å². The summed E-state index contributed by atoms with van der Waals surface area (Å²) >= 11 is 0. The van der Waals surface area contributed by atoms with Crippen molar-refractivity contribution in [2.24, 2.45) is 23.5 Å². The van der Waals surface area contributed by atoms with Crippen LogP contribution in [0.3, 0.4) is 0 Å². The van der Waals surface area contributed by atoms with Crippen LogP contribution in [-0.2, 0) is 0 Å². The van der Waals surface area contributed by atoms with Gasteiger partial charge in [0, 0.05) is 5.54 Å². The molecule has 4 aliphatic rings. The van der Waals surface area contributed by atoms with Crippen LogP contribution in [0.2, 0.25) is 0 Å². The van der Waals surface area contributed by atoms with Crippen molar-refractivity contribution in [2.75, 3.05) is 0 Å². The predicted molar refractivity (Wildman–Crippen MR) is 50.0 cm³/mol. The Labute approximate surface area is 78.9 Å². The van der Waals surface area contributed by atoms with E-state index in [1.807, 2.05) is 6.92 Å². The smallest absolute Gasteiger partial charge is 0.114 e. The van der Waals surface area contributed by atoms with E-state index in [1.165, 1.54) is 0 Å². The third-order valence-electron chi connectivity index (χ3n) is 4.83. The zero-order valence-corrected chi connectivity index (χ0v) is 8.22. The first-order valence-corrected chi connectivity index (χ1v) is 5.47. The van der Waals surface area contributed by atoms with E-state index in [9.17, 15) is 4.39 Å². The summed E-state index contributed by atoms with van der Waals surface area (Å²) in [4.78, 5) is 0. The monoisotopic (exact) mass is 183 g/mol. The van der Waals surface area contributed by atoms with E-state index in [4.69, 9.17) is 5.73 Å². The average Bonchev–Trinajstić information content (AvgIpc) is 1.97. The van der Waals surface area contributed by atoms with E-state index in [0.717, 1.165) is 38.0 Å². The lowest BCUT2D eigenvalue weighted by Crippen LogP contribution is -2.63. The number of nitrogens with two attached hydrogens (primary N) is 1. The van der Waals surface area contributed by atoms with Crippen LogP contribution in [0.5, 0.6) is 0 Å². The van der Waals surface area contributed by atoms with Crippen LogP contribution in [0.4, 0.5) is 4.39 Å². The van der Waals surface area contributed by atoms with Gasteiger partial charge in [0.2, 0.25) is 0 Å². The fraction of sp³-hybridized carbons (Fsp3) is 1.00. The van der Waals surface area contributed by atoms with Gasteiger partial charge in [0.1, 0.15) is 5.67 Å². The summed E-state index contributed by atoms with van der Waals surface area (Å²) in [6, 6.07) is 0. The second-order valence-electron chi connectivity index (χ2n) is 5.86. The minimum atomic E-state index is -0.903. The van der Waals surface area contributed by atoms with Gasteiger partial charge in [0.15, 0.2) is 0 Å². The van der Waals surface area contributed by atoms with Crippen molar-refractivity contribution in [1.29, 1.82) is 0 Å². The summed E-state index contributed by atoms with van der Waals surface area (Å²) in [6.07, 6.45) is 5.24. The van der Waals surface area contributed by atoms with Crippen molar-refractivity contribution in [2.45, 2.75) is 50.2 Å². The van der Waals surface area contributed by atoms with Crippen molar-refractivity contribution < 1.29 is 4.39 Å². The predicted octanol–water partition coefficient (Wildman–Crippen LogP) is 2.25. The maximum atomic E-state index is 14.3. The molecule has 0 radical (unpaired) electrons. The first kappa shape index (κ1) is 8.22. The van der Waals surface area contributed by atoms with Gasteiger partial charge in [0.05, 0.1) is 0 Å². The van der Waals surface area contributed by atoms with Crippen LogP contribution in [0.15, 0.2) is 0 Å². The van der Waals surface area contributed by atoms with Gasteiger partial charge in [-0.1, -0.05) is 0 Å². The SMILES string of the molecule is CC1(F)C2CC3CC1CC(N)(C3)C2. The van der Waals surface area contributed by atoms with E-state index in [1.54, 1.807) is 0 Å². The Bertz CT molecular complexity index is 230. The highest BCUT2D eigenvalue weighted by molar-refractivity contribution is 5.12. The van der Waals surface area contributed by atoms with E-state index in [2.05, 4.69) is 0 Å². The van der Waals surface area contributed by atoms with Crippen LogP contribution < -0.4 is 5.73 Å². The van der Waals surface area contributed by atoms with Crippen LogP contribution in [0.1, 0.15) is 39.0 Å². The Balaban J connectivity index is 1.99. The Morgan fingerprint density at radius 3 is 2.15 bits per heavy atom. The topological polar surface area (TPSA) is 26.0 Å². The maximum Gasteiger partial charge on any atom is 0.114 e. The molecule has 0 aromatic rings. The molecule has 0 amide bonds. The van der Waals surface area contributed by atoms with Gasteiger partial charge < -0.3 is 5.73 Å². The van der Waals surface area contributed by atoms with Gasteiger partial charge in [-0.2, -0.15) is 0 Å². The highest BCUT2D eigenvalue weighted by Gasteiger charge is 2.59. The average molecular weight is 183 g/mol. The zero-order valence-electron chi connectivity index (χ0n) is 8.22. The second-order valence-corrected chi connectivity index (χ2v) is 5.86. The Hall–Kier alpha value is -0.110. The third-order valence-corrected chi connectivity index (χ3v) is 4.83. The third kappa shape index (κ3) is 0.955. The molecule has 2 N–H and O–H groups in total. The lowest BCUT2D eigenvalue weighted by Gasteiger charge is -2.60. The van der Waals surface area contributed by atoms with Gasteiger partial charge in [-0.05, 0) is 56.8 Å². The summed E-state index contributed by atoms with van der Waals surface area (Å²) in [5.41, 5.74) is 5.39. The maximum absolute atomic E-state index is 14.3. The lowest BCUT2D eigenvalue weighted by molar-refractivity contribution is -0.123. The summed E-state index contributed by atoms with van der Waals surface area (Å²) < 4.78 is 14.3. The van der Waals surface area contributed by atoms with Crippen molar-refractivity contribution in [3.63, 3.8) is 0 Å². The minimum absolute atomic E-state index is 0.0160. The molecule has 13 heavy (non-hydrogen) atoms. The summed E-state index contributed by atoms with van der Waals surface area (Å²) in [5, 5.41) is 0. The Morgan fingerprint density at radius 1 is 1.15 bits per heavy atom. The molecule has 74 valence electrons. The number of alkyl halides is 1. The van der Waals surface area contributed by atoms with Crippen molar-refractivity contribution in [3.05, 3.63) is 0 Å². The molecule has 4 bridgehead atoms. The van der Waals surface area contributed by atoms with E-state index in [-0.39, 0.29) is 17.4 Å².